The van der Waals surface area contributed by atoms with Gasteiger partial charge in [-0.15, -0.1) is 0 Å². The molecule has 0 saturated heterocycles. The van der Waals surface area contributed by atoms with Crippen LogP contribution in [-0.2, 0) is 17.3 Å². The van der Waals surface area contributed by atoms with Gasteiger partial charge in [0.25, 0.3) is 0 Å². The summed E-state index contributed by atoms with van der Waals surface area (Å²) in [4.78, 5) is 5.01. The number of unbranched alkanes of at least 4 members (excludes halogenated alkanes) is 9. The zero-order valence-electron chi connectivity index (χ0n) is 20.4. The van der Waals surface area contributed by atoms with E-state index in [1.165, 1.54) is 64.2 Å². The van der Waals surface area contributed by atoms with Gasteiger partial charge in [0.15, 0.2) is 0 Å². The van der Waals surface area contributed by atoms with Gasteiger partial charge in [0, 0.05) is 0 Å². The summed E-state index contributed by atoms with van der Waals surface area (Å²) in [6.07, 6.45) is 25.7. The summed E-state index contributed by atoms with van der Waals surface area (Å²) in [7, 11) is -0.926. The van der Waals surface area contributed by atoms with Gasteiger partial charge in [-0.2, -0.15) is 0 Å². The molecule has 0 spiro atoms. The molecule has 171 valence electrons. The van der Waals surface area contributed by atoms with Crippen molar-refractivity contribution in [1.29, 1.82) is 0 Å². The molecule has 0 fully saturated rings. The maximum Gasteiger partial charge on any atom is 0.0728 e. The van der Waals surface area contributed by atoms with Crippen molar-refractivity contribution in [1.82, 2.24) is 0 Å². The molecule has 1 aliphatic rings. The molecule has 0 N–H and O–H groups in total. The van der Waals surface area contributed by atoms with Crippen molar-refractivity contribution in [3.05, 3.63) is 23.4 Å². The van der Waals surface area contributed by atoms with Crippen molar-refractivity contribution in [3.8, 4) is 0 Å². The zero-order chi connectivity index (χ0) is 21.1. The molecule has 0 aromatic carbocycles. The van der Waals surface area contributed by atoms with Crippen molar-refractivity contribution in [2.24, 2.45) is 0 Å². The molecule has 28 heavy (non-hydrogen) atoms. The Morgan fingerprint density at radius 1 is 0.679 bits per heavy atom. The molecule has 0 nitrogen and oxygen atoms in total. The van der Waals surface area contributed by atoms with Crippen LogP contribution in [0.1, 0.15) is 104 Å². The molecule has 0 atom stereocenters. The average molecular weight is 589 g/mol. The fraction of sp³-hybridized carbons (Fsp3) is 0.846. The molecule has 0 amide bonds. The van der Waals surface area contributed by atoms with Crippen molar-refractivity contribution in [2.45, 2.75) is 138 Å². The molecule has 1 aliphatic carbocycles. The van der Waals surface area contributed by atoms with E-state index in [4.69, 9.17) is 0 Å². The Morgan fingerprint density at radius 2 is 1.11 bits per heavy atom. The maximum atomic E-state index is 2.39. The SMILES string of the molecule is CCCCC[CH2][Pt]([CH2]CCCCC)[CH2]CCCCC.C[Si](C)(C)C1=CC=CC1. The summed E-state index contributed by atoms with van der Waals surface area (Å²) in [6.45, 7) is 14.2. The van der Waals surface area contributed by atoms with Gasteiger partial charge in [-0.25, -0.2) is 0 Å². The molecular weight excluding hydrogens is 535 g/mol. The van der Waals surface area contributed by atoms with Gasteiger partial charge in [-0.05, 0) is 6.42 Å². The summed E-state index contributed by atoms with van der Waals surface area (Å²) >= 11 is -0.550. The molecule has 0 radical (unpaired) electrons. The zero-order valence-corrected chi connectivity index (χ0v) is 23.6. The first kappa shape index (κ1) is 28.4. The van der Waals surface area contributed by atoms with Crippen LogP contribution in [-0.4, -0.2) is 8.07 Å². The first-order chi connectivity index (χ1) is 13.5. The summed E-state index contributed by atoms with van der Waals surface area (Å²) in [6, 6.07) is 0. The van der Waals surface area contributed by atoms with Crippen LogP contribution in [0.5, 0.6) is 0 Å². The Balaban J connectivity index is 0.000000668. The second kappa shape index (κ2) is 19.4. The van der Waals surface area contributed by atoms with Gasteiger partial charge in [-0.1, -0.05) is 43.1 Å². The minimum atomic E-state index is -0.926. The molecule has 0 aromatic heterocycles. The summed E-state index contributed by atoms with van der Waals surface area (Å²) in [5.41, 5.74) is 0. The van der Waals surface area contributed by atoms with Gasteiger partial charge in [-0.3, -0.25) is 0 Å². The number of hydrogen-bond acceptors (Lipinski definition) is 0. The Labute approximate surface area is 186 Å². The average Bonchev–Trinajstić information content (AvgIpc) is 3.21. The van der Waals surface area contributed by atoms with Crippen molar-refractivity contribution in [2.75, 3.05) is 0 Å². The fourth-order valence-corrected chi connectivity index (χ4v) is 11.4. The maximum absolute atomic E-state index is 2.39. The van der Waals surface area contributed by atoms with E-state index in [0.29, 0.717) is 0 Å². The Hall–Kier alpha value is 0.385. The van der Waals surface area contributed by atoms with Gasteiger partial charge >= 0.3 is 130 Å². The van der Waals surface area contributed by atoms with Crippen molar-refractivity contribution in [3.63, 3.8) is 0 Å². The standard InChI is InChI=1S/C8H14Si.3C6H13.Pt/c1-9(2,3)8-6-4-5-7-8;3*1-3-5-6-4-2;/h4-6H,7H2,1-3H3;3*1,3-6H2,2H3;. The molecule has 0 aromatic rings. The third-order valence-corrected chi connectivity index (χ3v) is 14.8. The predicted molar refractivity (Wildman–Crippen MR) is 132 cm³/mol. The number of rotatable bonds is 16. The van der Waals surface area contributed by atoms with Crippen LogP contribution in [0.3, 0.4) is 0 Å². The molecular formula is C26H53PtSi. The Morgan fingerprint density at radius 3 is 1.36 bits per heavy atom. The largest absolute Gasteiger partial charge is 0.0809 e. The Kier molecular flexibility index (Phi) is 19.6. The monoisotopic (exact) mass is 588 g/mol. The molecule has 0 heterocycles. The second-order valence-corrected chi connectivity index (χ2v) is 21.2. The summed E-state index contributed by atoms with van der Waals surface area (Å²) < 4.78 is 0. The smallest absolute Gasteiger partial charge is 0.0728 e. The summed E-state index contributed by atoms with van der Waals surface area (Å²) in [5, 5.41) is 1.68. The quantitative estimate of drug-likeness (QED) is 0.124. The van der Waals surface area contributed by atoms with Crippen molar-refractivity contribution < 1.29 is 17.3 Å². The summed E-state index contributed by atoms with van der Waals surface area (Å²) in [5.74, 6) is 0. The predicted octanol–water partition coefficient (Wildman–Crippen LogP) is 10.4. The number of hydrogen-bond donors (Lipinski definition) is 0. The van der Waals surface area contributed by atoms with Crippen LogP contribution in [0.2, 0.25) is 34.1 Å². The van der Waals surface area contributed by atoms with Gasteiger partial charge < -0.3 is 0 Å². The van der Waals surface area contributed by atoms with E-state index in [1.54, 1.807) is 38.9 Å². The normalized spacial score (nSPS) is 13.9. The van der Waals surface area contributed by atoms with Crippen LogP contribution >= 0.6 is 0 Å². The molecule has 1 rings (SSSR count). The van der Waals surface area contributed by atoms with Crippen LogP contribution in [0.4, 0.5) is 0 Å². The van der Waals surface area contributed by atoms with E-state index in [-0.39, 0.29) is 0 Å². The van der Waals surface area contributed by atoms with Crippen LogP contribution < -0.4 is 0 Å². The molecule has 0 aliphatic heterocycles. The van der Waals surface area contributed by atoms with Crippen molar-refractivity contribution >= 4 is 8.07 Å². The van der Waals surface area contributed by atoms with E-state index in [0.717, 1.165) is 0 Å². The van der Waals surface area contributed by atoms with Crippen LogP contribution in [0.25, 0.3) is 0 Å². The Bertz CT molecular complexity index is 363. The third kappa shape index (κ3) is 17.3. The van der Waals surface area contributed by atoms with Gasteiger partial charge in [0.2, 0.25) is 0 Å². The number of allylic oxidation sites excluding steroid dienone is 4. The van der Waals surface area contributed by atoms with E-state index >= 15 is 0 Å². The topological polar surface area (TPSA) is 0 Å². The minimum Gasteiger partial charge on any atom is -0.0809 e. The second-order valence-electron chi connectivity index (χ2n) is 9.20. The van der Waals surface area contributed by atoms with E-state index < -0.39 is 25.4 Å². The molecule has 0 unspecified atom stereocenters. The van der Waals surface area contributed by atoms with E-state index in [2.05, 4.69) is 58.6 Å². The van der Waals surface area contributed by atoms with E-state index in [9.17, 15) is 0 Å². The van der Waals surface area contributed by atoms with Gasteiger partial charge in [0.1, 0.15) is 0 Å². The third-order valence-electron chi connectivity index (χ3n) is 5.30. The minimum absolute atomic E-state index is 0.550. The molecule has 2 heteroatoms. The molecule has 0 saturated carbocycles. The first-order valence-electron chi connectivity index (χ1n) is 12.3. The van der Waals surface area contributed by atoms with Gasteiger partial charge in [0.05, 0.1) is 8.07 Å². The molecule has 0 bridgehead atoms. The van der Waals surface area contributed by atoms with Crippen LogP contribution in [0.15, 0.2) is 23.4 Å². The fourth-order valence-electron chi connectivity index (χ4n) is 3.23. The van der Waals surface area contributed by atoms with E-state index in [1.807, 2.05) is 0 Å². The first-order valence-corrected chi connectivity index (χ1v) is 20.6. The van der Waals surface area contributed by atoms with Crippen LogP contribution in [0, 0.1) is 0 Å².